The lowest BCUT2D eigenvalue weighted by atomic mass is 10.3. The van der Waals surface area contributed by atoms with Gasteiger partial charge in [0.1, 0.15) is 5.56 Å². The molecule has 3 aromatic heterocycles. The molecule has 1 N–H and O–H groups in total. The zero-order chi connectivity index (χ0) is 11.1. The average molecular weight is 214 g/mol. The second-order valence-electron chi connectivity index (χ2n) is 3.29. The third kappa shape index (κ3) is 1.07. The molecule has 0 aliphatic carbocycles. The van der Waals surface area contributed by atoms with Gasteiger partial charge < -0.3 is 5.11 Å². The van der Waals surface area contributed by atoms with Gasteiger partial charge in [0.25, 0.3) is 0 Å². The van der Waals surface area contributed by atoms with Crippen molar-refractivity contribution in [1.29, 1.82) is 0 Å². The summed E-state index contributed by atoms with van der Waals surface area (Å²) in [6.07, 6.45) is 6.18. The van der Waals surface area contributed by atoms with Crippen LogP contribution in [0.5, 0.6) is 0 Å². The lowest BCUT2D eigenvalue weighted by Crippen LogP contribution is -1.98. The monoisotopic (exact) mass is 214 g/mol. The minimum atomic E-state index is -1.04. The average Bonchev–Trinajstić information content (AvgIpc) is 2.73. The molecule has 0 aliphatic rings. The maximum Gasteiger partial charge on any atom is 0.341 e. The van der Waals surface area contributed by atoms with Gasteiger partial charge in [0.05, 0.1) is 17.9 Å². The number of aromatic carboxylic acids is 1. The van der Waals surface area contributed by atoms with Crippen molar-refractivity contribution in [2.75, 3.05) is 0 Å². The summed E-state index contributed by atoms with van der Waals surface area (Å²) in [6.45, 7) is 0. The van der Waals surface area contributed by atoms with Crippen molar-refractivity contribution in [1.82, 2.24) is 19.6 Å². The van der Waals surface area contributed by atoms with Gasteiger partial charge >= 0.3 is 5.97 Å². The van der Waals surface area contributed by atoms with Gasteiger partial charge in [-0.05, 0) is 6.07 Å². The standard InChI is InChI=1S/C10H6N4O2/c15-10(16)7-4-13-14-8-5-11-2-1-6(8)3-12-9(7)14/h1-5H,(H,15,16). The van der Waals surface area contributed by atoms with Crippen molar-refractivity contribution < 1.29 is 9.90 Å². The molecule has 0 aliphatic heterocycles. The fraction of sp³-hybridized carbons (Fsp3) is 0. The maximum absolute atomic E-state index is 10.9. The lowest BCUT2D eigenvalue weighted by molar-refractivity contribution is 0.0699. The number of hydrogen-bond donors (Lipinski definition) is 1. The van der Waals surface area contributed by atoms with Crippen molar-refractivity contribution in [3.05, 3.63) is 36.4 Å². The molecule has 16 heavy (non-hydrogen) atoms. The van der Waals surface area contributed by atoms with Gasteiger partial charge in [-0.1, -0.05) is 0 Å². The highest BCUT2D eigenvalue weighted by Gasteiger charge is 2.13. The van der Waals surface area contributed by atoms with E-state index in [1.54, 1.807) is 24.7 Å². The predicted molar refractivity (Wildman–Crippen MR) is 55.2 cm³/mol. The van der Waals surface area contributed by atoms with Gasteiger partial charge in [0.2, 0.25) is 0 Å². The number of fused-ring (bicyclic) bond motifs is 3. The number of hydrogen-bond acceptors (Lipinski definition) is 4. The van der Waals surface area contributed by atoms with Gasteiger partial charge in [-0.25, -0.2) is 14.3 Å². The van der Waals surface area contributed by atoms with Crippen LogP contribution in [0.15, 0.2) is 30.9 Å². The van der Waals surface area contributed by atoms with Crippen LogP contribution in [0.3, 0.4) is 0 Å². The third-order valence-electron chi connectivity index (χ3n) is 2.36. The highest BCUT2D eigenvalue weighted by molar-refractivity contribution is 5.95. The minimum Gasteiger partial charge on any atom is -0.477 e. The Balaban J connectivity index is 2.49. The lowest BCUT2D eigenvalue weighted by Gasteiger charge is -1.99. The fourth-order valence-electron chi connectivity index (χ4n) is 1.61. The van der Waals surface area contributed by atoms with Crippen LogP contribution >= 0.6 is 0 Å². The van der Waals surface area contributed by atoms with Gasteiger partial charge in [-0.3, -0.25) is 4.98 Å². The zero-order valence-corrected chi connectivity index (χ0v) is 8.03. The summed E-state index contributed by atoms with van der Waals surface area (Å²) < 4.78 is 1.48. The van der Waals surface area contributed by atoms with E-state index in [2.05, 4.69) is 15.1 Å². The molecule has 0 fully saturated rings. The number of carbonyl (C=O) groups is 1. The molecule has 6 heteroatoms. The summed E-state index contributed by atoms with van der Waals surface area (Å²) in [4.78, 5) is 19.0. The Labute approximate surface area is 89.2 Å². The molecular formula is C10H6N4O2. The third-order valence-corrected chi connectivity index (χ3v) is 2.36. The Kier molecular flexibility index (Phi) is 1.64. The quantitative estimate of drug-likeness (QED) is 0.653. The SMILES string of the molecule is O=C(O)c1cnn2c1ncc1ccncc12. The number of carboxylic acid groups (broad SMARTS) is 1. The van der Waals surface area contributed by atoms with Crippen LogP contribution in [-0.2, 0) is 0 Å². The number of nitrogens with zero attached hydrogens (tertiary/aromatic N) is 4. The van der Waals surface area contributed by atoms with Crippen molar-refractivity contribution >= 4 is 22.5 Å². The molecule has 0 atom stereocenters. The number of carboxylic acids is 1. The minimum absolute atomic E-state index is 0.0887. The molecular weight excluding hydrogens is 208 g/mol. The number of rotatable bonds is 1. The van der Waals surface area contributed by atoms with E-state index >= 15 is 0 Å². The van der Waals surface area contributed by atoms with E-state index in [1.165, 1.54) is 10.7 Å². The summed E-state index contributed by atoms with van der Waals surface area (Å²) in [6, 6.07) is 1.80. The highest BCUT2D eigenvalue weighted by Crippen LogP contribution is 2.15. The smallest absolute Gasteiger partial charge is 0.341 e. The van der Waals surface area contributed by atoms with E-state index in [4.69, 9.17) is 5.11 Å². The molecule has 0 saturated heterocycles. The Morgan fingerprint density at radius 3 is 3.00 bits per heavy atom. The molecule has 0 aromatic carbocycles. The van der Waals surface area contributed by atoms with Crippen molar-refractivity contribution in [3.63, 3.8) is 0 Å². The first-order valence-electron chi connectivity index (χ1n) is 4.57. The van der Waals surface area contributed by atoms with Crippen LogP contribution in [0.1, 0.15) is 10.4 Å². The first-order valence-corrected chi connectivity index (χ1v) is 4.57. The highest BCUT2D eigenvalue weighted by atomic mass is 16.4. The Morgan fingerprint density at radius 2 is 2.19 bits per heavy atom. The predicted octanol–water partition coefficient (Wildman–Crippen LogP) is 0.976. The molecule has 3 rings (SSSR count). The van der Waals surface area contributed by atoms with Gasteiger partial charge in [-0.2, -0.15) is 5.10 Å². The first-order chi connectivity index (χ1) is 7.77. The largest absolute Gasteiger partial charge is 0.477 e. The van der Waals surface area contributed by atoms with Gasteiger partial charge in [0.15, 0.2) is 5.65 Å². The first kappa shape index (κ1) is 8.78. The van der Waals surface area contributed by atoms with E-state index in [1.807, 2.05) is 0 Å². The second-order valence-corrected chi connectivity index (χ2v) is 3.29. The topological polar surface area (TPSA) is 80.4 Å². The van der Waals surface area contributed by atoms with E-state index < -0.39 is 5.97 Å². The maximum atomic E-state index is 10.9. The Hall–Kier alpha value is -2.50. The Bertz CT molecular complexity index is 704. The van der Waals surface area contributed by atoms with Crippen molar-refractivity contribution in [3.8, 4) is 0 Å². The van der Waals surface area contributed by atoms with Crippen LogP contribution in [0.4, 0.5) is 0 Å². The van der Waals surface area contributed by atoms with E-state index in [-0.39, 0.29) is 5.56 Å². The van der Waals surface area contributed by atoms with Crippen molar-refractivity contribution in [2.24, 2.45) is 0 Å². The summed E-state index contributed by atoms with van der Waals surface area (Å²) in [5.41, 5.74) is 1.15. The Morgan fingerprint density at radius 1 is 1.31 bits per heavy atom. The molecule has 0 spiro atoms. The zero-order valence-electron chi connectivity index (χ0n) is 8.03. The summed E-state index contributed by atoms with van der Waals surface area (Å²) in [5.74, 6) is -1.04. The molecule has 0 saturated carbocycles. The summed E-state index contributed by atoms with van der Waals surface area (Å²) in [5, 5.41) is 13.8. The van der Waals surface area contributed by atoms with Crippen LogP contribution in [-0.4, -0.2) is 30.7 Å². The van der Waals surface area contributed by atoms with E-state index in [9.17, 15) is 4.79 Å². The number of aromatic nitrogens is 4. The summed E-state index contributed by atoms with van der Waals surface area (Å²) in [7, 11) is 0. The molecule has 0 unspecified atom stereocenters. The molecule has 78 valence electrons. The normalized spacial score (nSPS) is 11.0. The fourth-order valence-corrected chi connectivity index (χ4v) is 1.61. The number of pyridine rings is 1. The molecule has 0 radical (unpaired) electrons. The molecule has 0 bridgehead atoms. The van der Waals surface area contributed by atoms with E-state index in [0.717, 1.165) is 10.9 Å². The second kappa shape index (κ2) is 2.99. The van der Waals surface area contributed by atoms with Crippen LogP contribution in [0.25, 0.3) is 16.6 Å². The van der Waals surface area contributed by atoms with E-state index in [0.29, 0.717) is 5.65 Å². The molecule has 0 amide bonds. The van der Waals surface area contributed by atoms with Crippen LogP contribution < -0.4 is 0 Å². The van der Waals surface area contributed by atoms with Crippen LogP contribution in [0.2, 0.25) is 0 Å². The molecule has 6 nitrogen and oxygen atoms in total. The van der Waals surface area contributed by atoms with Crippen molar-refractivity contribution in [2.45, 2.75) is 0 Å². The summed E-state index contributed by atoms with van der Waals surface area (Å²) >= 11 is 0. The van der Waals surface area contributed by atoms with Gasteiger partial charge in [-0.15, -0.1) is 0 Å². The molecule has 3 heterocycles. The van der Waals surface area contributed by atoms with Gasteiger partial charge in [0, 0.05) is 17.8 Å². The molecule has 3 aromatic rings. The van der Waals surface area contributed by atoms with Crippen LogP contribution in [0, 0.1) is 0 Å².